The summed E-state index contributed by atoms with van der Waals surface area (Å²) in [5.74, 6) is 0.951. The number of rotatable bonds is 4. The predicted octanol–water partition coefficient (Wildman–Crippen LogP) is 5.32. The molecule has 0 spiro atoms. The van der Waals surface area contributed by atoms with Crippen LogP contribution in [-0.2, 0) is 9.59 Å². The van der Waals surface area contributed by atoms with E-state index < -0.39 is 6.04 Å². The number of methoxy groups -OCH3 is 1. The van der Waals surface area contributed by atoms with Crippen LogP contribution in [0.15, 0.2) is 59.8 Å². The highest BCUT2D eigenvalue weighted by Crippen LogP contribution is 2.49. The van der Waals surface area contributed by atoms with E-state index in [1.165, 1.54) is 6.42 Å². The summed E-state index contributed by atoms with van der Waals surface area (Å²) in [4.78, 5) is 31.5. The van der Waals surface area contributed by atoms with Crippen LogP contribution in [0.4, 0.5) is 11.4 Å². The maximum Gasteiger partial charge on any atom is 0.242 e. The number of ketones is 1. The van der Waals surface area contributed by atoms with Crippen LogP contribution in [-0.4, -0.2) is 43.3 Å². The lowest BCUT2D eigenvalue weighted by atomic mass is 9.73. The number of fused-ring (bicyclic) bond motifs is 1. The lowest BCUT2D eigenvalue weighted by molar-refractivity contribution is -0.130. The molecule has 184 valence electrons. The molecule has 35 heavy (non-hydrogen) atoms. The Kier molecular flexibility index (Phi) is 6.30. The number of anilines is 2. The largest absolute Gasteiger partial charge is 0.496 e. The molecule has 0 radical (unpaired) electrons. The molecule has 0 aromatic heterocycles. The van der Waals surface area contributed by atoms with E-state index >= 15 is 0 Å². The first-order valence-corrected chi connectivity index (χ1v) is 12.7. The highest BCUT2D eigenvalue weighted by molar-refractivity contribution is 6.02. The van der Waals surface area contributed by atoms with E-state index in [9.17, 15) is 9.59 Å². The van der Waals surface area contributed by atoms with Crippen LogP contribution in [0.1, 0.15) is 57.6 Å². The number of ether oxygens (including phenoxy) is 1. The summed E-state index contributed by atoms with van der Waals surface area (Å²) in [6, 6.07) is 15.5. The normalized spacial score (nSPS) is 21.6. The maximum atomic E-state index is 13.8. The van der Waals surface area contributed by atoms with Crippen LogP contribution >= 0.6 is 0 Å². The molecule has 1 N–H and O–H groups in total. The van der Waals surface area contributed by atoms with Gasteiger partial charge in [-0.25, -0.2) is 0 Å². The van der Waals surface area contributed by atoms with Crippen LogP contribution in [0.3, 0.4) is 0 Å². The molecule has 5 rings (SSSR count). The molecule has 2 heterocycles. The molecular weight excluding hydrogens is 438 g/mol. The third kappa shape index (κ3) is 4.54. The molecule has 2 aromatic rings. The number of likely N-dealkylation sites (tertiary alicyclic amines) is 1. The van der Waals surface area contributed by atoms with E-state index in [2.05, 4.69) is 24.1 Å². The molecule has 0 bridgehead atoms. The van der Waals surface area contributed by atoms with Crippen LogP contribution in [0.5, 0.6) is 5.75 Å². The number of amides is 1. The van der Waals surface area contributed by atoms with Gasteiger partial charge < -0.3 is 19.9 Å². The monoisotopic (exact) mass is 473 g/mol. The molecule has 1 amide bonds. The van der Waals surface area contributed by atoms with E-state index in [1.807, 2.05) is 53.4 Å². The molecule has 0 saturated carbocycles. The second kappa shape index (κ2) is 9.40. The third-order valence-corrected chi connectivity index (χ3v) is 7.45. The SMILES string of the molecule is COc1ccccc1[C@H]1C2=C(CC(C)(C)CC2=O)Nc2ccccc2N1CC(=O)N1CCCCC1. The Morgan fingerprint density at radius 2 is 1.74 bits per heavy atom. The number of para-hydroxylation sites is 3. The highest BCUT2D eigenvalue weighted by atomic mass is 16.5. The van der Waals surface area contributed by atoms with Gasteiger partial charge in [-0.05, 0) is 49.3 Å². The molecule has 6 heteroatoms. The molecule has 6 nitrogen and oxygen atoms in total. The Balaban J connectivity index is 1.69. The van der Waals surface area contributed by atoms with Gasteiger partial charge in [0.15, 0.2) is 5.78 Å². The smallest absolute Gasteiger partial charge is 0.242 e. The van der Waals surface area contributed by atoms with Crippen molar-refractivity contribution in [1.29, 1.82) is 0 Å². The minimum Gasteiger partial charge on any atom is -0.496 e. The van der Waals surface area contributed by atoms with Crippen molar-refractivity contribution in [3.63, 3.8) is 0 Å². The van der Waals surface area contributed by atoms with Gasteiger partial charge >= 0.3 is 0 Å². The number of nitrogens with zero attached hydrogens (tertiary/aromatic N) is 2. The van der Waals surface area contributed by atoms with Gasteiger partial charge in [0.1, 0.15) is 5.75 Å². The highest BCUT2D eigenvalue weighted by Gasteiger charge is 2.43. The van der Waals surface area contributed by atoms with Crippen molar-refractivity contribution >= 4 is 23.1 Å². The number of Topliss-reactive ketones (excluding diaryl/α,β-unsaturated/α-hetero) is 1. The zero-order chi connectivity index (χ0) is 24.6. The van der Waals surface area contributed by atoms with Gasteiger partial charge in [0, 0.05) is 36.3 Å². The first-order valence-electron chi connectivity index (χ1n) is 12.7. The lowest BCUT2D eigenvalue weighted by Gasteiger charge is -2.39. The molecular formula is C29H35N3O3. The van der Waals surface area contributed by atoms with Crippen molar-refractivity contribution in [1.82, 2.24) is 4.90 Å². The van der Waals surface area contributed by atoms with E-state index in [0.29, 0.717) is 6.42 Å². The number of allylic oxidation sites excluding steroid dienone is 1. The Bertz CT molecular complexity index is 1160. The zero-order valence-electron chi connectivity index (χ0n) is 21.0. The predicted molar refractivity (Wildman–Crippen MR) is 139 cm³/mol. The number of carbonyl (C=O) groups excluding carboxylic acids is 2. The van der Waals surface area contributed by atoms with Gasteiger partial charge in [0.05, 0.1) is 31.1 Å². The fourth-order valence-corrected chi connectivity index (χ4v) is 5.83. The summed E-state index contributed by atoms with van der Waals surface area (Å²) in [6.07, 6.45) is 4.50. The standard InChI is InChI=1S/C29H35N3O3/c1-29(2)17-22-27(24(33)18-29)28(20-11-5-8-14-25(20)35-3)32(23-13-7-6-12-21(23)30-22)19-26(34)31-15-9-4-10-16-31/h5-8,11-14,28,30H,4,9-10,15-19H2,1-3H3/t28-/m0/s1. The van der Waals surface area contributed by atoms with Crippen molar-refractivity contribution in [2.24, 2.45) is 5.41 Å². The second-order valence-electron chi connectivity index (χ2n) is 10.7. The number of benzene rings is 2. The van der Waals surface area contributed by atoms with Crippen LogP contribution in [0.2, 0.25) is 0 Å². The van der Waals surface area contributed by atoms with Gasteiger partial charge in [-0.3, -0.25) is 9.59 Å². The van der Waals surface area contributed by atoms with Crippen molar-refractivity contribution in [3.8, 4) is 5.75 Å². The summed E-state index contributed by atoms with van der Waals surface area (Å²) >= 11 is 0. The van der Waals surface area contributed by atoms with Gasteiger partial charge in [-0.15, -0.1) is 0 Å². The fourth-order valence-electron chi connectivity index (χ4n) is 5.83. The number of piperidine rings is 1. The third-order valence-electron chi connectivity index (χ3n) is 7.45. The second-order valence-corrected chi connectivity index (χ2v) is 10.7. The number of nitrogens with one attached hydrogen (secondary N) is 1. The molecule has 1 saturated heterocycles. The van der Waals surface area contributed by atoms with E-state index in [4.69, 9.17) is 4.74 Å². The summed E-state index contributed by atoms with van der Waals surface area (Å²) in [6.45, 7) is 6.08. The van der Waals surface area contributed by atoms with Crippen LogP contribution in [0.25, 0.3) is 0 Å². The van der Waals surface area contributed by atoms with Crippen molar-refractivity contribution in [3.05, 3.63) is 65.4 Å². The number of carbonyl (C=O) groups is 2. The Hall–Kier alpha value is -3.28. The Labute approximate surface area is 207 Å². The number of hydrogen-bond donors (Lipinski definition) is 1. The van der Waals surface area contributed by atoms with Gasteiger partial charge in [0.25, 0.3) is 0 Å². The summed E-state index contributed by atoms with van der Waals surface area (Å²) in [7, 11) is 1.66. The molecule has 2 aliphatic heterocycles. The molecule has 1 fully saturated rings. The van der Waals surface area contributed by atoms with Gasteiger partial charge in [-0.2, -0.15) is 0 Å². The number of hydrogen-bond acceptors (Lipinski definition) is 5. The van der Waals surface area contributed by atoms with E-state index in [-0.39, 0.29) is 23.7 Å². The molecule has 1 atom stereocenters. The first-order chi connectivity index (χ1) is 16.9. The minimum absolute atomic E-state index is 0.104. The minimum atomic E-state index is -0.422. The van der Waals surface area contributed by atoms with E-state index in [0.717, 1.165) is 66.3 Å². The van der Waals surface area contributed by atoms with Gasteiger partial charge in [-0.1, -0.05) is 44.2 Å². The average molecular weight is 474 g/mol. The summed E-state index contributed by atoms with van der Waals surface area (Å²) in [5.41, 5.74) is 4.31. The summed E-state index contributed by atoms with van der Waals surface area (Å²) < 4.78 is 5.78. The topological polar surface area (TPSA) is 61.9 Å². The van der Waals surface area contributed by atoms with Gasteiger partial charge in [0.2, 0.25) is 5.91 Å². The Morgan fingerprint density at radius 1 is 1.03 bits per heavy atom. The molecule has 2 aromatic carbocycles. The maximum absolute atomic E-state index is 13.8. The zero-order valence-corrected chi connectivity index (χ0v) is 21.0. The van der Waals surface area contributed by atoms with E-state index in [1.54, 1.807) is 7.11 Å². The van der Waals surface area contributed by atoms with Crippen LogP contribution < -0.4 is 15.0 Å². The fraction of sp³-hybridized carbons (Fsp3) is 0.448. The van der Waals surface area contributed by atoms with Crippen molar-refractivity contribution in [2.45, 2.75) is 52.0 Å². The summed E-state index contributed by atoms with van der Waals surface area (Å²) in [5, 5.41) is 3.62. The molecule has 1 aliphatic carbocycles. The molecule has 3 aliphatic rings. The quantitative estimate of drug-likeness (QED) is 0.651. The van der Waals surface area contributed by atoms with Crippen LogP contribution in [0, 0.1) is 5.41 Å². The van der Waals surface area contributed by atoms with Crippen molar-refractivity contribution in [2.75, 3.05) is 37.0 Å². The average Bonchev–Trinajstić information content (AvgIpc) is 2.98. The lowest BCUT2D eigenvalue weighted by Crippen LogP contribution is -2.45. The first kappa shape index (κ1) is 23.5. The Morgan fingerprint density at radius 3 is 2.51 bits per heavy atom. The molecule has 0 unspecified atom stereocenters. The van der Waals surface area contributed by atoms with Crippen molar-refractivity contribution < 1.29 is 14.3 Å².